The predicted molar refractivity (Wildman–Crippen MR) is 48.3 cm³/mol. The first-order valence-electron chi connectivity index (χ1n) is 4.00. The molecule has 5 nitrogen and oxygen atoms in total. The molecule has 14 heavy (non-hydrogen) atoms. The summed E-state index contributed by atoms with van der Waals surface area (Å²) in [6.07, 6.45) is 0. The third-order valence-corrected chi connectivity index (χ3v) is 1.95. The molecular formula is C9H9NO4. The second-order valence-electron chi connectivity index (χ2n) is 2.76. The van der Waals surface area contributed by atoms with Gasteiger partial charge in [-0.3, -0.25) is 0 Å². The number of benzene rings is 1. The molecule has 0 bridgehead atoms. The third-order valence-electron chi connectivity index (χ3n) is 1.95. The van der Waals surface area contributed by atoms with Crippen LogP contribution in [0, 0.1) is 0 Å². The highest BCUT2D eigenvalue weighted by Crippen LogP contribution is 2.40. The van der Waals surface area contributed by atoms with Crippen molar-refractivity contribution >= 4 is 11.7 Å². The number of hydrogen-bond acceptors (Lipinski definition) is 5. The number of ether oxygens (including phenoxy) is 3. The number of carbonyl (C=O) groups excluding carboxylic acids is 1. The highest BCUT2D eigenvalue weighted by Gasteiger charge is 2.24. The van der Waals surface area contributed by atoms with E-state index in [9.17, 15) is 4.79 Å². The van der Waals surface area contributed by atoms with Crippen LogP contribution in [0.4, 0.5) is 5.69 Å². The van der Waals surface area contributed by atoms with Crippen LogP contribution in [0.25, 0.3) is 0 Å². The van der Waals surface area contributed by atoms with Gasteiger partial charge in [-0.2, -0.15) is 0 Å². The summed E-state index contributed by atoms with van der Waals surface area (Å²) in [5, 5.41) is 0. The minimum Gasteiger partial charge on any atom is -0.465 e. The predicted octanol–water partition coefficient (Wildman–Crippen LogP) is 0.784. The lowest BCUT2D eigenvalue weighted by Gasteiger charge is -2.04. The lowest BCUT2D eigenvalue weighted by molar-refractivity contribution is 0.0596. The zero-order valence-corrected chi connectivity index (χ0v) is 7.57. The van der Waals surface area contributed by atoms with E-state index in [0.717, 1.165) is 0 Å². The number of nitrogens with two attached hydrogens (primary N) is 1. The molecule has 0 aliphatic carbocycles. The third kappa shape index (κ3) is 1.14. The van der Waals surface area contributed by atoms with Crippen LogP contribution in [0.15, 0.2) is 12.1 Å². The van der Waals surface area contributed by atoms with Gasteiger partial charge < -0.3 is 19.9 Å². The largest absolute Gasteiger partial charge is 0.465 e. The van der Waals surface area contributed by atoms with Gasteiger partial charge in [0.25, 0.3) is 0 Å². The van der Waals surface area contributed by atoms with Crippen LogP contribution in [0.3, 0.4) is 0 Å². The summed E-state index contributed by atoms with van der Waals surface area (Å²) in [6.45, 7) is 0.0769. The first-order valence-corrected chi connectivity index (χ1v) is 4.00. The number of anilines is 1. The van der Waals surface area contributed by atoms with Crippen LogP contribution in [0.2, 0.25) is 0 Å². The Morgan fingerprint density at radius 3 is 2.86 bits per heavy atom. The van der Waals surface area contributed by atoms with E-state index in [4.69, 9.17) is 15.2 Å². The molecule has 74 valence electrons. The molecule has 1 aromatic rings. The van der Waals surface area contributed by atoms with Gasteiger partial charge in [0, 0.05) is 0 Å². The lowest BCUT2D eigenvalue weighted by atomic mass is 10.1. The molecule has 0 unspecified atom stereocenters. The molecule has 0 atom stereocenters. The molecule has 0 radical (unpaired) electrons. The fourth-order valence-electron chi connectivity index (χ4n) is 1.29. The van der Waals surface area contributed by atoms with Crippen LogP contribution >= 0.6 is 0 Å². The molecule has 2 rings (SSSR count). The zero-order valence-electron chi connectivity index (χ0n) is 7.57. The molecule has 0 amide bonds. The van der Waals surface area contributed by atoms with Gasteiger partial charge in [0.05, 0.1) is 12.8 Å². The number of carbonyl (C=O) groups is 1. The Labute approximate surface area is 80.4 Å². The lowest BCUT2D eigenvalue weighted by Crippen LogP contribution is -2.03. The van der Waals surface area contributed by atoms with Crippen molar-refractivity contribution < 1.29 is 19.0 Å². The van der Waals surface area contributed by atoms with Crippen LogP contribution in [-0.4, -0.2) is 19.9 Å². The molecular weight excluding hydrogens is 186 g/mol. The summed E-state index contributed by atoms with van der Waals surface area (Å²) in [4.78, 5) is 11.3. The standard InChI is InChI=1S/C9H9NO4/c1-12-9(11)5-2-3-6(10)8-7(5)13-4-14-8/h2-3H,4,10H2,1H3. The second kappa shape index (κ2) is 3.10. The van der Waals surface area contributed by atoms with Crippen molar-refractivity contribution in [1.82, 2.24) is 0 Å². The summed E-state index contributed by atoms with van der Waals surface area (Å²) in [5.41, 5.74) is 6.40. The van der Waals surface area contributed by atoms with E-state index >= 15 is 0 Å². The van der Waals surface area contributed by atoms with Crippen molar-refractivity contribution in [3.8, 4) is 11.5 Å². The Bertz CT molecular complexity index is 389. The maximum Gasteiger partial charge on any atom is 0.341 e. The Morgan fingerprint density at radius 1 is 1.43 bits per heavy atom. The maximum absolute atomic E-state index is 11.3. The summed E-state index contributed by atoms with van der Waals surface area (Å²) >= 11 is 0. The van der Waals surface area contributed by atoms with Crippen molar-refractivity contribution in [1.29, 1.82) is 0 Å². The van der Waals surface area contributed by atoms with E-state index in [1.807, 2.05) is 0 Å². The van der Waals surface area contributed by atoms with Gasteiger partial charge in [0.2, 0.25) is 6.79 Å². The average molecular weight is 195 g/mol. The fraction of sp³-hybridized carbons (Fsp3) is 0.222. The van der Waals surface area contributed by atoms with Crippen LogP contribution in [-0.2, 0) is 4.74 Å². The number of esters is 1. The minimum atomic E-state index is -0.466. The summed E-state index contributed by atoms with van der Waals surface area (Å²) in [6, 6.07) is 3.13. The Hall–Kier alpha value is -1.91. The quantitative estimate of drug-likeness (QED) is 0.529. The molecule has 0 fully saturated rings. The van der Waals surface area contributed by atoms with E-state index in [2.05, 4.69) is 4.74 Å². The van der Waals surface area contributed by atoms with E-state index in [-0.39, 0.29) is 6.79 Å². The van der Waals surface area contributed by atoms with Crippen molar-refractivity contribution in [3.05, 3.63) is 17.7 Å². The summed E-state index contributed by atoms with van der Waals surface area (Å²) in [5.74, 6) is 0.302. The van der Waals surface area contributed by atoms with Crippen LogP contribution in [0.1, 0.15) is 10.4 Å². The van der Waals surface area contributed by atoms with Gasteiger partial charge in [-0.25, -0.2) is 4.79 Å². The first kappa shape index (κ1) is 8.68. The molecule has 1 aromatic carbocycles. The topological polar surface area (TPSA) is 70.8 Å². The number of fused-ring (bicyclic) bond motifs is 1. The van der Waals surface area contributed by atoms with E-state index in [0.29, 0.717) is 22.7 Å². The van der Waals surface area contributed by atoms with Gasteiger partial charge in [0.1, 0.15) is 5.56 Å². The van der Waals surface area contributed by atoms with E-state index in [1.165, 1.54) is 7.11 Å². The molecule has 0 saturated carbocycles. The molecule has 0 saturated heterocycles. The van der Waals surface area contributed by atoms with Gasteiger partial charge in [-0.1, -0.05) is 0 Å². The SMILES string of the molecule is COC(=O)c1ccc(N)c2c1OCO2. The summed E-state index contributed by atoms with van der Waals surface area (Å²) < 4.78 is 14.8. The molecule has 1 aliphatic rings. The Kier molecular flexibility index (Phi) is 1.92. The smallest absolute Gasteiger partial charge is 0.341 e. The normalized spacial score (nSPS) is 12.6. The van der Waals surface area contributed by atoms with E-state index < -0.39 is 5.97 Å². The van der Waals surface area contributed by atoms with Crippen molar-refractivity contribution in [2.45, 2.75) is 0 Å². The van der Waals surface area contributed by atoms with Gasteiger partial charge in [0.15, 0.2) is 11.5 Å². The number of methoxy groups -OCH3 is 1. The fourth-order valence-corrected chi connectivity index (χ4v) is 1.29. The minimum absolute atomic E-state index is 0.0769. The van der Waals surface area contributed by atoms with Gasteiger partial charge in [-0.15, -0.1) is 0 Å². The summed E-state index contributed by atoms with van der Waals surface area (Å²) in [7, 11) is 1.31. The first-order chi connectivity index (χ1) is 6.74. The average Bonchev–Trinajstić information content (AvgIpc) is 2.67. The molecule has 5 heteroatoms. The zero-order chi connectivity index (χ0) is 10.1. The maximum atomic E-state index is 11.3. The monoisotopic (exact) mass is 195 g/mol. The molecule has 0 spiro atoms. The van der Waals surface area contributed by atoms with Crippen molar-refractivity contribution in [2.75, 3.05) is 19.6 Å². The van der Waals surface area contributed by atoms with Crippen molar-refractivity contribution in [2.24, 2.45) is 0 Å². The second-order valence-corrected chi connectivity index (χ2v) is 2.76. The highest BCUT2D eigenvalue weighted by atomic mass is 16.7. The molecule has 1 heterocycles. The molecule has 1 aliphatic heterocycles. The molecule has 0 aromatic heterocycles. The number of rotatable bonds is 1. The van der Waals surface area contributed by atoms with E-state index in [1.54, 1.807) is 12.1 Å². The number of nitrogen functional groups attached to an aromatic ring is 1. The molecule has 2 N–H and O–H groups in total. The van der Waals surface area contributed by atoms with Gasteiger partial charge >= 0.3 is 5.97 Å². The van der Waals surface area contributed by atoms with Crippen LogP contribution in [0.5, 0.6) is 11.5 Å². The highest BCUT2D eigenvalue weighted by molar-refractivity contribution is 5.95. The number of hydrogen-bond donors (Lipinski definition) is 1. The Balaban J connectivity index is 2.53. The Morgan fingerprint density at radius 2 is 2.14 bits per heavy atom. The van der Waals surface area contributed by atoms with Gasteiger partial charge in [-0.05, 0) is 12.1 Å². The van der Waals surface area contributed by atoms with Crippen LogP contribution < -0.4 is 15.2 Å². The van der Waals surface area contributed by atoms with Crippen molar-refractivity contribution in [3.63, 3.8) is 0 Å².